The van der Waals surface area contributed by atoms with Crippen molar-refractivity contribution in [3.63, 3.8) is 0 Å². The number of fused-ring (bicyclic) bond motifs is 1. The van der Waals surface area contributed by atoms with Crippen molar-refractivity contribution >= 4 is 16.8 Å². The number of primary amides is 1. The monoisotopic (exact) mass is 446 g/mol. The van der Waals surface area contributed by atoms with Gasteiger partial charge in [0, 0.05) is 36.4 Å². The second-order valence-corrected chi connectivity index (χ2v) is 8.37. The Morgan fingerprint density at radius 3 is 2.73 bits per heavy atom. The molecule has 2 heterocycles. The molecule has 0 saturated carbocycles. The van der Waals surface area contributed by atoms with E-state index >= 15 is 0 Å². The maximum atomic E-state index is 11.1. The van der Waals surface area contributed by atoms with Crippen LogP contribution in [0.15, 0.2) is 67.1 Å². The van der Waals surface area contributed by atoms with Crippen molar-refractivity contribution in [3.8, 4) is 5.75 Å². The SMILES string of the molecule is Cn1c(CCc2ccccc2)cc2cc(OCCC[C@H](O)Cn3cnc(C(N)=O)c3)ccc21. The Kier molecular flexibility index (Phi) is 7.10. The van der Waals surface area contributed by atoms with Crippen molar-refractivity contribution < 1.29 is 14.6 Å². The lowest BCUT2D eigenvalue weighted by molar-refractivity contribution is 0.0995. The van der Waals surface area contributed by atoms with Crippen LogP contribution in [-0.2, 0) is 26.4 Å². The van der Waals surface area contributed by atoms with Gasteiger partial charge in [-0.25, -0.2) is 4.98 Å². The standard InChI is InChI=1S/C26H30N4O3/c1-29-21(10-9-19-6-3-2-4-7-19)14-20-15-23(11-12-25(20)29)33-13-5-8-22(31)16-30-17-24(26(27)32)28-18-30/h2-4,6-7,11-12,14-15,17-18,22,31H,5,8-10,13,16H2,1H3,(H2,27,32)/t22-/m0/s1. The van der Waals surface area contributed by atoms with Crippen LogP contribution in [0.25, 0.3) is 10.9 Å². The number of nitrogens with zero attached hydrogens (tertiary/aromatic N) is 3. The number of amides is 1. The van der Waals surface area contributed by atoms with Gasteiger partial charge in [0.2, 0.25) is 0 Å². The van der Waals surface area contributed by atoms with Gasteiger partial charge in [-0.05, 0) is 55.5 Å². The second-order valence-electron chi connectivity index (χ2n) is 8.37. The number of carbonyl (C=O) groups is 1. The molecule has 7 heteroatoms. The summed E-state index contributed by atoms with van der Waals surface area (Å²) in [6.07, 6.45) is 5.80. The van der Waals surface area contributed by atoms with E-state index in [-0.39, 0.29) is 5.69 Å². The van der Waals surface area contributed by atoms with Gasteiger partial charge in [-0.15, -0.1) is 0 Å². The molecule has 0 radical (unpaired) electrons. The van der Waals surface area contributed by atoms with Gasteiger partial charge in [-0.1, -0.05) is 30.3 Å². The largest absolute Gasteiger partial charge is 0.494 e. The number of benzene rings is 2. The van der Waals surface area contributed by atoms with Crippen LogP contribution >= 0.6 is 0 Å². The number of aromatic nitrogens is 3. The Morgan fingerprint density at radius 1 is 1.15 bits per heavy atom. The topological polar surface area (TPSA) is 95.3 Å². The lowest BCUT2D eigenvalue weighted by Gasteiger charge is -2.12. The summed E-state index contributed by atoms with van der Waals surface area (Å²) in [5.74, 6) is 0.258. The van der Waals surface area contributed by atoms with Gasteiger partial charge in [-0.3, -0.25) is 4.79 Å². The minimum Gasteiger partial charge on any atom is -0.494 e. The first-order valence-electron chi connectivity index (χ1n) is 11.2. The minimum atomic E-state index is -0.574. The van der Waals surface area contributed by atoms with Gasteiger partial charge in [0.1, 0.15) is 11.4 Å². The molecule has 0 aliphatic rings. The third-order valence-corrected chi connectivity index (χ3v) is 5.88. The highest BCUT2D eigenvalue weighted by Crippen LogP contribution is 2.25. The van der Waals surface area contributed by atoms with Crippen LogP contribution in [0, 0.1) is 0 Å². The van der Waals surface area contributed by atoms with Gasteiger partial charge >= 0.3 is 0 Å². The minimum absolute atomic E-state index is 0.199. The fourth-order valence-electron chi connectivity index (χ4n) is 4.06. The summed E-state index contributed by atoms with van der Waals surface area (Å²) >= 11 is 0. The zero-order valence-corrected chi connectivity index (χ0v) is 18.9. The normalized spacial score (nSPS) is 12.2. The van der Waals surface area contributed by atoms with E-state index in [1.54, 1.807) is 10.8 Å². The Labute approximate surface area is 193 Å². The van der Waals surface area contributed by atoms with Crippen molar-refractivity contribution in [2.75, 3.05) is 6.61 Å². The van der Waals surface area contributed by atoms with Crippen molar-refractivity contribution in [1.29, 1.82) is 0 Å². The van der Waals surface area contributed by atoms with Crippen LogP contribution in [0.2, 0.25) is 0 Å². The Hall–Kier alpha value is -3.58. The van der Waals surface area contributed by atoms with Crippen LogP contribution in [0.5, 0.6) is 5.75 Å². The van der Waals surface area contributed by atoms with Crippen LogP contribution < -0.4 is 10.5 Å². The molecular weight excluding hydrogens is 416 g/mol. The average molecular weight is 447 g/mol. The van der Waals surface area contributed by atoms with E-state index in [9.17, 15) is 9.90 Å². The van der Waals surface area contributed by atoms with Gasteiger partial charge in [0.05, 0.1) is 19.0 Å². The molecule has 1 atom stereocenters. The smallest absolute Gasteiger partial charge is 0.268 e. The zero-order valence-electron chi connectivity index (χ0n) is 18.9. The molecular formula is C26H30N4O3. The predicted octanol–water partition coefficient (Wildman–Crippen LogP) is 3.48. The van der Waals surface area contributed by atoms with E-state index in [0.29, 0.717) is 26.0 Å². The Balaban J connectivity index is 1.26. The fraction of sp³-hybridized carbons (Fsp3) is 0.308. The van der Waals surface area contributed by atoms with E-state index in [0.717, 1.165) is 18.6 Å². The summed E-state index contributed by atoms with van der Waals surface area (Å²) in [6.45, 7) is 0.884. The third kappa shape index (κ3) is 5.81. The van der Waals surface area contributed by atoms with E-state index in [1.807, 2.05) is 12.1 Å². The molecule has 0 aliphatic carbocycles. The molecule has 3 N–H and O–H groups in total. The van der Waals surface area contributed by atoms with Crippen molar-refractivity contribution in [3.05, 3.63) is 84.1 Å². The first-order chi connectivity index (χ1) is 16.0. The number of hydrogen-bond acceptors (Lipinski definition) is 4. The molecule has 4 aromatic rings. The van der Waals surface area contributed by atoms with Crippen LogP contribution in [0.1, 0.15) is 34.6 Å². The first kappa shape index (κ1) is 22.6. The zero-order chi connectivity index (χ0) is 23.2. The molecule has 4 rings (SSSR count). The van der Waals surface area contributed by atoms with Gasteiger partial charge in [0.25, 0.3) is 5.91 Å². The highest BCUT2D eigenvalue weighted by molar-refractivity contribution is 5.90. The summed E-state index contributed by atoms with van der Waals surface area (Å²) in [6, 6.07) is 18.9. The maximum absolute atomic E-state index is 11.1. The molecule has 0 saturated heterocycles. The summed E-state index contributed by atoms with van der Waals surface area (Å²) in [5, 5.41) is 11.4. The molecule has 0 aliphatic heterocycles. The van der Waals surface area contributed by atoms with Crippen molar-refractivity contribution in [1.82, 2.24) is 14.1 Å². The summed E-state index contributed by atoms with van der Waals surface area (Å²) < 4.78 is 9.85. The molecule has 0 bridgehead atoms. The van der Waals surface area contributed by atoms with Crippen LogP contribution in [0.4, 0.5) is 0 Å². The number of ether oxygens (including phenoxy) is 1. The third-order valence-electron chi connectivity index (χ3n) is 5.88. The van der Waals surface area contributed by atoms with E-state index in [2.05, 4.69) is 59.1 Å². The number of rotatable bonds is 11. The molecule has 2 aromatic carbocycles. The number of carbonyl (C=O) groups excluding carboxylic acids is 1. The number of hydrogen-bond donors (Lipinski definition) is 2. The summed E-state index contributed by atoms with van der Waals surface area (Å²) in [4.78, 5) is 15.0. The van der Waals surface area contributed by atoms with Gasteiger partial charge in [-0.2, -0.15) is 0 Å². The Bertz CT molecular complexity index is 1210. The number of aryl methyl sites for hydroxylation is 3. The second kappa shape index (κ2) is 10.4. The molecule has 33 heavy (non-hydrogen) atoms. The highest BCUT2D eigenvalue weighted by atomic mass is 16.5. The molecule has 0 fully saturated rings. The van der Waals surface area contributed by atoms with E-state index in [1.165, 1.54) is 28.5 Å². The van der Waals surface area contributed by atoms with E-state index < -0.39 is 12.0 Å². The lowest BCUT2D eigenvalue weighted by Crippen LogP contribution is -2.16. The predicted molar refractivity (Wildman–Crippen MR) is 128 cm³/mol. The van der Waals surface area contributed by atoms with Crippen LogP contribution in [0.3, 0.4) is 0 Å². The fourth-order valence-corrected chi connectivity index (χ4v) is 4.06. The number of aliphatic hydroxyl groups is 1. The quantitative estimate of drug-likeness (QED) is 0.345. The van der Waals surface area contributed by atoms with E-state index in [4.69, 9.17) is 10.5 Å². The van der Waals surface area contributed by atoms with Gasteiger partial charge in [0.15, 0.2) is 0 Å². The summed E-state index contributed by atoms with van der Waals surface area (Å²) in [7, 11) is 2.11. The average Bonchev–Trinajstić information content (AvgIpc) is 3.40. The van der Waals surface area contributed by atoms with Crippen molar-refractivity contribution in [2.24, 2.45) is 12.8 Å². The first-order valence-corrected chi connectivity index (χ1v) is 11.2. The lowest BCUT2D eigenvalue weighted by atomic mass is 10.1. The molecule has 1 amide bonds. The maximum Gasteiger partial charge on any atom is 0.268 e. The molecule has 0 spiro atoms. The molecule has 172 valence electrons. The van der Waals surface area contributed by atoms with Gasteiger partial charge < -0.3 is 24.7 Å². The van der Waals surface area contributed by atoms with Crippen LogP contribution in [-0.4, -0.2) is 37.8 Å². The number of aliphatic hydroxyl groups excluding tert-OH is 1. The molecule has 0 unspecified atom stereocenters. The molecule has 2 aromatic heterocycles. The number of imidazole rings is 1. The summed E-state index contributed by atoms with van der Waals surface area (Å²) in [5.41, 5.74) is 9.23. The van der Waals surface area contributed by atoms with Crippen molar-refractivity contribution in [2.45, 2.75) is 38.3 Å². The highest BCUT2D eigenvalue weighted by Gasteiger charge is 2.10. The Morgan fingerprint density at radius 2 is 1.97 bits per heavy atom. The molecule has 7 nitrogen and oxygen atoms in total. The number of nitrogens with two attached hydrogens (primary N) is 1.